The highest BCUT2D eigenvalue weighted by atomic mass is 19.1. The molecule has 0 radical (unpaired) electrons. The van der Waals surface area contributed by atoms with E-state index >= 15 is 0 Å². The summed E-state index contributed by atoms with van der Waals surface area (Å²) < 4.78 is 27.3. The summed E-state index contributed by atoms with van der Waals surface area (Å²) in [5.74, 6) is 4.41. The van der Waals surface area contributed by atoms with Gasteiger partial charge < -0.3 is 0 Å². The van der Waals surface area contributed by atoms with Crippen molar-refractivity contribution < 1.29 is 8.78 Å². The molecule has 0 saturated carbocycles. The Labute approximate surface area is 111 Å². The number of benzene rings is 2. The Morgan fingerprint density at radius 3 is 2.32 bits per heavy atom. The molecule has 0 bridgehead atoms. The molecule has 3 N–H and O–H groups in total. The Morgan fingerprint density at radius 2 is 1.74 bits per heavy atom. The van der Waals surface area contributed by atoms with Crippen LogP contribution in [0.15, 0.2) is 42.5 Å². The maximum Gasteiger partial charge on any atom is 0.129 e. The van der Waals surface area contributed by atoms with Crippen LogP contribution in [0.1, 0.15) is 22.7 Å². The molecule has 1 atom stereocenters. The van der Waals surface area contributed by atoms with Crippen LogP contribution in [-0.2, 0) is 6.42 Å². The molecule has 0 fully saturated rings. The first-order valence-corrected chi connectivity index (χ1v) is 6.07. The largest absolute Gasteiger partial charge is 0.271 e. The fraction of sp³-hybridized carbons (Fsp3) is 0.200. The van der Waals surface area contributed by atoms with Crippen molar-refractivity contribution in [3.05, 3.63) is 70.8 Å². The molecule has 0 aliphatic rings. The lowest BCUT2D eigenvalue weighted by atomic mass is 9.97. The topological polar surface area (TPSA) is 38.0 Å². The standard InChI is InChI=1S/C15H16F2N2/c1-10-4-2-5-11(8-10)15(19-18)9-12-13(16)6-3-7-14(12)17/h2-8,15,19H,9,18H2,1H3. The Balaban J connectivity index is 2.29. The zero-order valence-electron chi connectivity index (χ0n) is 10.7. The van der Waals surface area contributed by atoms with E-state index in [1.807, 2.05) is 31.2 Å². The van der Waals surface area contributed by atoms with Crippen molar-refractivity contribution in [2.24, 2.45) is 5.84 Å². The number of halogens is 2. The molecule has 100 valence electrons. The Bertz CT molecular complexity index is 550. The molecule has 0 heterocycles. The van der Waals surface area contributed by atoms with Crippen LogP contribution < -0.4 is 11.3 Å². The van der Waals surface area contributed by atoms with Crippen LogP contribution in [-0.4, -0.2) is 0 Å². The highest BCUT2D eigenvalue weighted by Crippen LogP contribution is 2.22. The molecule has 2 aromatic carbocycles. The van der Waals surface area contributed by atoms with Crippen molar-refractivity contribution in [3.63, 3.8) is 0 Å². The van der Waals surface area contributed by atoms with Crippen molar-refractivity contribution in [1.82, 2.24) is 5.43 Å². The maximum absolute atomic E-state index is 13.6. The summed E-state index contributed by atoms with van der Waals surface area (Å²) >= 11 is 0. The molecule has 19 heavy (non-hydrogen) atoms. The average molecular weight is 262 g/mol. The van der Waals surface area contributed by atoms with Crippen molar-refractivity contribution in [2.75, 3.05) is 0 Å². The Kier molecular flexibility index (Phi) is 4.24. The molecule has 1 unspecified atom stereocenters. The van der Waals surface area contributed by atoms with Gasteiger partial charge in [0.05, 0.1) is 6.04 Å². The predicted molar refractivity (Wildman–Crippen MR) is 71.3 cm³/mol. The van der Waals surface area contributed by atoms with Crippen LogP contribution in [0.4, 0.5) is 8.78 Å². The predicted octanol–water partition coefficient (Wildman–Crippen LogP) is 3.02. The van der Waals surface area contributed by atoms with Gasteiger partial charge in [0.1, 0.15) is 11.6 Å². The Hall–Kier alpha value is -1.78. The minimum atomic E-state index is -0.548. The molecular weight excluding hydrogens is 246 g/mol. The lowest BCUT2D eigenvalue weighted by molar-refractivity contribution is 0.500. The van der Waals surface area contributed by atoms with E-state index in [2.05, 4.69) is 5.43 Å². The number of hydrazine groups is 1. The molecule has 0 aliphatic carbocycles. The molecule has 0 spiro atoms. The lowest BCUT2D eigenvalue weighted by Crippen LogP contribution is -2.30. The molecule has 0 aromatic heterocycles. The van der Waals surface area contributed by atoms with E-state index in [-0.39, 0.29) is 18.0 Å². The van der Waals surface area contributed by atoms with Gasteiger partial charge in [-0.1, -0.05) is 35.9 Å². The van der Waals surface area contributed by atoms with Crippen LogP contribution in [0.5, 0.6) is 0 Å². The molecule has 2 rings (SSSR count). The van der Waals surface area contributed by atoms with Crippen molar-refractivity contribution in [1.29, 1.82) is 0 Å². The molecule has 4 heteroatoms. The zero-order valence-corrected chi connectivity index (χ0v) is 10.7. The second-order valence-electron chi connectivity index (χ2n) is 4.54. The molecule has 0 saturated heterocycles. The van der Waals surface area contributed by atoms with Crippen molar-refractivity contribution in [3.8, 4) is 0 Å². The van der Waals surface area contributed by atoms with E-state index in [4.69, 9.17) is 5.84 Å². The molecule has 0 aliphatic heterocycles. The van der Waals surface area contributed by atoms with Gasteiger partial charge in [-0.2, -0.15) is 0 Å². The summed E-state index contributed by atoms with van der Waals surface area (Å²) in [6.07, 6.45) is 0.165. The summed E-state index contributed by atoms with van der Waals surface area (Å²) in [5, 5.41) is 0. The summed E-state index contributed by atoms with van der Waals surface area (Å²) in [7, 11) is 0. The van der Waals surface area contributed by atoms with E-state index in [0.717, 1.165) is 11.1 Å². The zero-order chi connectivity index (χ0) is 13.8. The third kappa shape index (κ3) is 3.16. The minimum absolute atomic E-state index is 0.0481. The van der Waals surface area contributed by atoms with E-state index in [0.29, 0.717) is 0 Å². The van der Waals surface area contributed by atoms with Gasteiger partial charge in [-0.05, 0) is 31.0 Å². The van der Waals surface area contributed by atoms with E-state index in [1.165, 1.54) is 18.2 Å². The van der Waals surface area contributed by atoms with Gasteiger partial charge in [0.15, 0.2) is 0 Å². The number of aryl methyl sites for hydroxylation is 1. The van der Waals surface area contributed by atoms with Crippen molar-refractivity contribution >= 4 is 0 Å². The third-order valence-electron chi connectivity index (χ3n) is 3.12. The van der Waals surface area contributed by atoms with Crippen LogP contribution >= 0.6 is 0 Å². The second-order valence-corrected chi connectivity index (χ2v) is 4.54. The van der Waals surface area contributed by atoms with Crippen LogP contribution in [0.2, 0.25) is 0 Å². The monoisotopic (exact) mass is 262 g/mol. The number of hydrogen-bond acceptors (Lipinski definition) is 2. The third-order valence-corrected chi connectivity index (χ3v) is 3.12. The number of nitrogens with two attached hydrogens (primary N) is 1. The summed E-state index contributed by atoms with van der Waals surface area (Å²) in [4.78, 5) is 0. The van der Waals surface area contributed by atoms with Crippen molar-refractivity contribution in [2.45, 2.75) is 19.4 Å². The van der Waals surface area contributed by atoms with Gasteiger partial charge in [-0.15, -0.1) is 0 Å². The van der Waals surface area contributed by atoms with Gasteiger partial charge in [0.25, 0.3) is 0 Å². The van der Waals surface area contributed by atoms with E-state index < -0.39 is 11.6 Å². The maximum atomic E-state index is 13.6. The Morgan fingerprint density at radius 1 is 1.11 bits per heavy atom. The number of hydrogen-bond donors (Lipinski definition) is 2. The van der Waals surface area contributed by atoms with Gasteiger partial charge in [-0.3, -0.25) is 11.3 Å². The highest BCUT2D eigenvalue weighted by molar-refractivity contribution is 5.28. The summed E-state index contributed by atoms with van der Waals surface area (Å²) in [5.41, 5.74) is 4.65. The summed E-state index contributed by atoms with van der Waals surface area (Å²) in [6, 6.07) is 11.2. The van der Waals surface area contributed by atoms with Crippen LogP contribution in [0.3, 0.4) is 0 Å². The average Bonchev–Trinajstić information content (AvgIpc) is 2.38. The fourth-order valence-corrected chi connectivity index (χ4v) is 2.09. The molecule has 0 amide bonds. The smallest absolute Gasteiger partial charge is 0.129 e. The van der Waals surface area contributed by atoms with Crippen LogP contribution in [0.25, 0.3) is 0 Å². The first-order valence-electron chi connectivity index (χ1n) is 6.07. The van der Waals surface area contributed by atoms with Gasteiger partial charge in [-0.25, -0.2) is 8.78 Å². The molecule has 2 aromatic rings. The number of nitrogens with one attached hydrogen (secondary N) is 1. The quantitative estimate of drug-likeness (QED) is 0.656. The highest BCUT2D eigenvalue weighted by Gasteiger charge is 2.16. The first kappa shape index (κ1) is 13.6. The van der Waals surface area contributed by atoms with Crippen LogP contribution in [0, 0.1) is 18.6 Å². The normalized spacial score (nSPS) is 12.4. The first-order chi connectivity index (χ1) is 9.11. The van der Waals surface area contributed by atoms with E-state index in [1.54, 1.807) is 0 Å². The summed E-state index contributed by atoms with van der Waals surface area (Å²) in [6.45, 7) is 1.96. The van der Waals surface area contributed by atoms with E-state index in [9.17, 15) is 8.78 Å². The van der Waals surface area contributed by atoms with Gasteiger partial charge in [0.2, 0.25) is 0 Å². The number of rotatable bonds is 4. The minimum Gasteiger partial charge on any atom is -0.271 e. The second kappa shape index (κ2) is 5.91. The molecular formula is C15H16F2N2. The van der Waals surface area contributed by atoms with Gasteiger partial charge in [0, 0.05) is 5.56 Å². The SMILES string of the molecule is Cc1cccc(C(Cc2c(F)cccc2F)NN)c1. The lowest BCUT2D eigenvalue weighted by Gasteiger charge is -2.17. The van der Waals surface area contributed by atoms with Gasteiger partial charge >= 0.3 is 0 Å². The molecule has 2 nitrogen and oxygen atoms in total. The fourth-order valence-electron chi connectivity index (χ4n) is 2.09.